The molecular weight excluding hydrogens is 236 g/mol. The lowest BCUT2D eigenvalue weighted by Gasteiger charge is -2.16. The predicted molar refractivity (Wildman–Crippen MR) is 78.1 cm³/mol. The fourth-order valence-corrected chi connectivity index (χ4v) is 2.42. The molecule has 2 rings (SSSR count). The van der Waals surface area contributed by atoms with E-state index in [9.17, 15) is 4.79 Å². The van der Waals surface area contributed by atoms with Gasteiger partial charge in [-0.05, 0) is 24.5 Å². The first-order valence-electron chi connectivity index (χ1n) is 6.71. The minimum atomic E-state index is -0.106. The van der Waals surface area contributed by atoms with Gasteiger partial charge in [0, 0.05) is 29.6 Å². The molecule has 1 aromatic heterocycles. The third kappa shape index (κ3) is 2.99. The van der Waals surface area contributed by atoms with E-state index in [0.29, 0.717) is 12.5 Å². The van der Waals surface area contributed by atoms with Gasteiger partial charge < -0.3 is 5.73 Å². The van der Waals surface area contributed by atoms with Crippen molar-refractivity contribution in [2.45, 2.75) is 20.3 Å². The lowest BCUT2D eigenvalue weighted by atomic mass is 9.88. The molecule has 2 N–H and O–H groups in total. The summed E-state index contributed by atoms with van der Waals surface area (Å²) in [5.41, 5.74) is 7.36. The second-order valence-corrected chi connectivity index (χ2v) is 5.30. The smallest absolute Gasteiger partial charge is 0.167 e. The van der Waals surface area contributed by atoms with Crippen LogP contribution in [-0.2, 0) is 0 Å². The number of hydrogen-bond donors (Lipinski definition) is 1. The summed E-state index contributed by atoms with van der Waals surface area (Å²) in [6.45, 7) is 4.62. The van der Waals surface area contributed by atoms with Crippen molar-refractivity contribution in [2.24, 2.45) is 17.6 Å². The van der Waals surface area contributed by atoms with Gasteiger partial charge in [0.1, 0.15) is 0 Å². The summed E-state index contributed by atoms with van der Waals surface area (Å²) in [6, 6.07) is 9.48. The monoisotopic (exact) mass is 256 g/mol. The van der Waals surface area contributed by atoms with Crippen molar-refractivity contribution in [3.05, 3.63) is 42.1 Å². The van der Waals surface area contributed by atoms with Gasteiger partial charge in [-0.2, -0.15) is 0 Å². The van der Waals surface area contributed by atoms with Crippen LogP contribution >= 0.6 is 0 Å². The Morgan fingerprint density at radius 2 is 2.05 bits per heavy atom. The lowest BCUT2D eigenvalue weighted by molar-refractivity contribution is 0.0910. The van der Waals surface area contributed by atoms with Gasteiger partial charge >= 0.3 is 0 Å². The fraction of sp³-hybridized carbons (Fsp3) is 0.375. The number of ketones is 1. The quantitative estimate of drug-likeness (QED) is 0.836. The summed E-state index contributed by atoms with van der Waals surface area (Å²) in [7, 11) is 0. The fourth-order valence-electron chi connectivity index (χ4n) is 2.42. The van der Waals surface area contributed by atoms with Gasteiger partial charge in [0.2, 0.25) is 0 Å². The summed E-state index contributed by atoms with van der Waals surface area (Å²) in [6.07, 6.45) is 2.57. The van der Waals surface area contributed by atoms with Crippen molar-refractivity contribution >= 4 is 16.7 Å². The van der Waals surface area contributed by atoms with E-state index in [1.54, 1.807) is 6.20 Å². The summed E-state index contributed by atoms with van der Waals surface area (Å²) in [4.78, 5) is 16.9. The molecule has 0 aliphatic carbocycles. The zero-order chi connectivity index (χ0) is 13.8. The van der Waals surface area contributed by atoms with Crippen molar-refractivity contribution in [1.82, 2.24) is 4.98 Å². The van der Waals surface area contributed by atoms with E-state index < -0.39 is 0 Å². The molecule has 100 valence electrons. The van der Waals surface area contributed by atoms with Crippen molar-refractivity contribution in [3.8, 4) is 0 Å². The molecule has 0 amide bonds. The first kappa shape index (κ1) is 13.7. The first-order chi connectivity index (χ1) is 9.13. The van der Waals surface area contributed by atoms with Crippen LogP contribution < -0.4 is 5.73 Å². The van der Waals surface area contributed by atoms with E-state index in [2.05, 4.69) is 18.8 Å². The van der Waals surface area contributed by atoms with E-state index >= 15 is 0 Å². The molecular formula is C16H20N2O. The number of carbonyl (C=O) groups is 1. The van der Waals surface area contributed by atoms with E-state index in [1.165, 1.54) is 0 Å². The molecule has 0 saturated heterocycles. The molecule has 1 aromatic carbocycles. The molecule has 2 aromatic rings. The van der Waals surface area contributed by atoms with Gasteiger partial charge in [-0.1, -0.05) is 32.0 Å². The van der Waals surface area contributed by atoms with Crippen LogP contribution in [-0.4, -0.2) is 17.3 Å². The summed E-state index contributed by atoms with van der Waals surface area (Å²) in [5, 5.41) is 0.914. The Balaban J connectivity index is 2.40. The summed E-state index contributed by atoms with van der Waals surface area (Å²) < 4.78 is 0. The Labute approximate surface area is 113 Å². The minimum Gasteiger partial charge on any atom is -0.330 e. The molecule has 1 atom stereocenters. The molecule has 0 aliphatic rings. The normalized spacial score (nSPS) is 12.8. The Morgan fingerprint density at radius 3 is 2.74 bits per heavy atom. The molecule has 1 unspecified atom stereocenters. The number of nitrogens with zero attached hydrogens (tertiary/aromatic N) is 1. The standard InChI is InChI=1S/C16H20N2O/c1-11(2)9-12(10-17)16(19)14-5-3-7-15-13(14)6-4-8-18-15/h3-8,11-12H,9-10,17H2,1-2H3. The number of aromatic nitrogens is 1. The maximum absolute atomic E-state index is 12.6. The molecule has 19 heavy (non-hydrogen) atoms. The number of pyridine rings is 1. The van der Waals surface area contributed by atoms with Crippen LogP contribution in [0.15, 0.2) is 36.5 Å². The molecule has 0 spiro atoms. The molecule has 0 fully saturated rings. The number of nitrogens with two attached hydrogens (primary N) is 1. The van der Waals surface area contributed by atoms with E-state index in [1.807, 2.05) is 30.3 Å². The van der Waals surface area contributed by atoms with Crippen molar-refractivity contribution < 1.29 is 4.79 Å². The highest BCUT2D eigenvalue weighted by molar-refractivity contribution is 6.08. The SMILES string of the molecule is CC(C)CC(CN)C(=O)c1cccc2ncccc12. The molecule has 3 heteroatoms. The van der Waals surface area contributed by atoms with Crippen LogP contribution in [0.25, 0.3) is 10.9 Å². The zero-order valence-corrected chi connectivity index (χ0v) is 11.5. The maximum atomic E-state index is 12.6. The van der Waals surface area contributed by atoms with Crippen LogP contribution in [0.5, 0.6) is 0 Å². The van der Waals surface area contributed by atoms with Crippen LogP contribution in [0, 0.1) is 11.8 Å². The van der Waals surface area contributed by atoms with Crippen molar-refractivity contribution in [3.63, 3.8) is 0 Å². The number of Topliss-reactive ketones (excluding diaryl/α,β-unsaturated/α-hetero) is 1. The average Bonchev–Trinajstić information content (AvgIpc) is 2.43. The number of carbonyl (C=O) groups excluding carboxylic acids is 1. The summed E-state index contributed by atoms with van der Waals surface area (Å²) in [5.74, 6) is 0.492. The van der Waals surface area contributed by atoms with Crippen LogP contribution in [0.1, 0.15) is 30.6 Å². The highest BCUT2D eigenvalue weighted by Crippen LogP contribution is 2.22. The van der Waals surface area contributed by atoms with E-state index in [0.717, 1.165) is 22.9 Å². The average molecular weight is 256 g/mol. The minimum absolute atomic E-state index is 0.106. The van der Waals surface area contributed by atoms with E-state index in [-0.39, 0.29) is 11.7 Å². The van der Waals surface area contributed by atoms with E-state index in [4.69, 9.17) is 5.73 Å². The van der Waals surface area contributed by atoms with Gasteiger partial charge in [-0.25, -0.2) is 0 Å². The van der Waals surface area contributed by atoms with Gasteiger partial charge in [0.05, 0.1) is 5.52 Å². The third-order valence-electron chi connectivity index (χ3n) is 3.32. The second kappa shape index (κ2) is 5.93. The largest absolute Gasteiger partial charge is 0.330 e. The lowest BCUT2D eigenvalue weighted by Crippen LogP contribution is -2.25. The highest BCUT2D eigenvalue weighted by atomic mass is 16.1. The maximum Gasteiger partial charge on any atom is 0.167 e. The van der Waals surface area contributed by atoms with Crippen LogP contribution in [0.3, 0.4) is 0 Å². The molecule has 3 nitrogen and oxygen atoms in total. The van der Waals surface area contributed by atoms with Gasteiger partial charge in [0.25, 0.3) is 0 Å². The Morgan fingerprint density at radius 1 is 1.26 bits per heavy atom. The van der Waals surface area contributed by atoms with Crippen molar-refractivity contribution in [1.29, 1.82) is 0 Å². The molecule has 0 radical (unpaired) electrons. The van der Waals surface area contributed by atoms with Gasteiger partial charge in [-0.3, -0.25) is 9.78 Å². The molecule has 1 heterocycles. The molecule has 0 bridgehead atoms. The Kier molecular flexibility index (Phi) is 4.27. The van der Waals surface area contributed by atoms with Crippen LogP contribution in [0.4, 0.5) is 0 Å². The number of fused-ring (bicyclic) bond motifs is 1. The number of hydrogen-bond acceptors (Lipinski definition) is 3. The Bertz CT molecular complexity index is 572. The number of benzene rings is 1. The molecule has 0 aliphatic heterocycles. The zero-order valence-electron chi connectivity index (χ0n) is 11.5. The predicted octanol–water partition coefficient (Wildman–Crippen LogP) is 3.04. The molecule has 0 saturated carbocycles. The third-order valence-corrected chi connectivity index (χ3v) is 3.32. The van der Waals surface area contributed by atoms with Crippen LogP contribution in [0.2, 0.25) is 0 Å². The first-order valence-corrected chi connectivity index (χ1v) is 6.71. The highest BCUT2D eigenvalue weighted by Gasteiger charge is 2.21. The Hall–Kier alpha value is -1.74. The summed E-state index contributed by atoms with van der Waals surface area (Å²) >= 11 is 0. The second-order valence-electron chi connectivity index (χ2n) is 5.30. The van der Waals surface area contributed by atoms with Gasteiger partial charge in [-0.15, -0.1) is 0 Å². The van der Waals surface area contributed by atoms with Crippen molar-refractivity contribution in [2.75, 3.05) is 6.54 Å². The van der Waals surface area contributed by atoms with Gasteiger partial charge in [0.15, 0.2) is 5.78 Å². The topological polar surface area (TPSA) is 56.0 Å². The number of rotatable bonds is 5.